The van der Waals surface area contributed by atoms with Crippen molar-refractivity contribution in [3.05, 3.63) is 58.3 Å². The summed E-state index contributed by atoms with van der Waals surface area (Å²) in [6.45, 7) is 2.39. The topological polar surface area (TPSA) is 43.8 Å². The van der Waals surface area contributed by atoms with Crippen molar-refractivity contribution in [3.8, 4) is 5.75 Å². The van der Waals surface area contributed by atoms with Gasteiger partial charge in [0.25, 0.3) is 5.91 Å². The number of halogens is 2. The van der Waals surface area contributed by atoms with Gasteiger partial charge in [0.1, 0.15) is 11.6 Å². The van der Waals surface area contributed by atoms with Gasteiger partial charge in [-0.15, -0.1) is 0 Å². The highest BCUT2D eigenvalue weighted by molar-refractivity contribution is 9.10. The standard InChI is InChI=1S/C17H16BrFN2O2/c18-14-11-12(19)5-6-13(14)17(23)21-9-7-20(8-10-21)15-3-1-2-4-16(15)22/h1-6,11,22H,7-10H2. The number of rotatable bonds is 2. The van der Waals surface area contributed by atoms with Crippen LogP contribution in [0.15, 0.2) is 46.9 Å². The Morgan fingerprint density at radius 3 is 2.43 bits per heavy atom. The minimum atomic E-state index is -0.377. The van der Waals surface area contributed by atoms with Crippen LogP contribution in [0.2, 0.25) is 0 Å². The summed E-state index contributed by atoms with van der Waals surface area (Å²) in [6.07, 6.45) is 0. The maximum Gasteiger partial charge on any atom is 0.255 e. The quantitative estimate of drug-likeness (QED) is 0.871. The van der Waals surface area contributed by atoms with Gasteiger partial charge in [0.15, 0.2) is 0 Å². The zero-order valence-corrected chi connectivity index (χ0v) is 14.0. The third-order valence-corrected chi connectivity index (χ3v) is 4.61. The summed E-state index contributed by atoms with van der Waals surface area (Å²) in [6, 6.07) is 11.3. The maximum atomic E-state index is 13.1. The predicted molar refractivity (Wildman–Crippen MR) is 90.3 cm³/mol. The van der Waals surface area contributed by atoms with Crippen LogP contribution in [-0.4, -0.2) is 42.1 Å². The minimum absolute atomic E-state index is 0.117. The van der Waals surface area contributed by atoms with E-state index in [0.29, 0.717) is 36.2 Å². The Morgan fingerprint density at radius 1 is 1.09 bits per heavy atom. The summed E-state index contributed by atoms with van der Waals surface area (Å²) >= 11 is 3.24. The molecule has 1 aliphatic heterocycles. The van der Waals surface area contributed by atoms with Gasteiger partial charge in [-0.2, -0.15) is 0 Å². The molecule has 1 aliphatic rings. The smallest absolute Gasteiger partial charge is 0.255 e. The van der Waals surface area contributed by atoms with Gasteiger partial charge in [0.2, 0.25) is 0 Å². The van der Waals surface area contributed by atoms with Crippen LogP contribution in [-0.2, 0) is 0 Å². The lowest BCUT2D eigenvalue weighted by atomic mass is 10.1. The third-order valence-electron chi connectivity index (χ3n) is 3.95. The Hall–Kier alpha value is -2.08. The van der Waals surface area contributed by atoms with Crippen LogP contribution in [0.4, 0.5) is 10.1 Å². The van der Waals surface area contributed by atoms with Gasteiger partial charge in [-0.05, 0) is 46.3 Å². The normalized spacial score (nSPS) is 14.9. The molecule has 0 saturated carbocycles. The van der Waals surface area contributed by atoms with Crippen LogP contribution >= 0.6 is 15.9 Å². The van der Waals surface area contributed by atoms with Crippen molar-refractivity contribution in [1.82, 2.24) is 4.90 Å². The molecule has 0 unspecified atom stereocenters. The summed E-state index contributed by atoms with van der Waals surface area (Å²) in [5.41, 5.74) is 1.24. The van der Waals surface area contributed by atoms with E-state index < -0.39 is 0 Å². The molecule has 1 N–H and O–H groups in total. The lowest BCUT2D eigenvalue weighted by Crippen LogP contribution is -2.48. The predicted octanol–water partition coefficient (Wildman–Crippen LogP) is 3.26. The van der Waals surface area contributed by atoms with Gasteiger partial charge in [-0.25, -0.2) is 4.39 Å². The van der Waals surface area contributed by atoms with E-state index in [9.17, 15) is 14.3 Å². The number of carbonyl (C=O) groups is 1. The number of hydrogen-bond acceptors (Lipinski definition) is 3. The second-order valence-corrected chi connectivity index (χ2v) is 6.25. The first-order valence-electron chi connectivity index (χ1n) is 7.33. The highest BCUT2D eigenvalue weighted by Gasteiger charge is 2.24. The average molecular weight is 379 g/mol. The molecule has 1 fully saturated rings. The molecule has 0 aromatic heterocycles. The molecule has 120 valence electrons. The second kappa shape index (κ2) is 6.58. The van der Waals surface area contributed by atoms with Crippen molar-refractivity contribution in [2.75, 3.05) is 31.1 Å². The molecule has 1 amide bonds. The van der Waals surface area contributed by atoms with E-state index >= 15 is 0 Å². The minimum Gasteiger partial charge on any atom is -0.506 e. The first-order chi connectivity index (χ1) is 11.1. The average Bonchev–Trinajstić information content (AvgIpc) is 2.55. The SMILES string of the molecule is O=C(c1ccc(F)cc1Br)N1CCN(c2ccccc2O)CC1. The number of anilines is 1. The molecule has 0 atom stereocenters. The van der Waals surface area contributed by atoms with E-state index in [1.807, 2.05) is 12.1 Å². The van der Waals surface area contributed by atoms with E-state index in [4.69, 9.17) is 0 Å². The van der Waals surface area contributed by atoms with Crippen LogP contribution in [0, 0.1) is 5.82 Å². The van der Waals surface area contributed by atoms with Crippen LogP contribution in [0.3, 0.4) is 0 Å². The number of phenolic OH excluding ortho intramolecular Hbond substituents is 1. The number of benzene rings is 2. The molecule has 2 aromatic carbocycles. The Morgan fingerprint density at radius 2 is 1.78 bits per heavy atom. The number of para-hydroxylation sites is 2. The molecule has 3 rings (SSSR count). The van der Waals surface area contributed by atoms with Gasteiger partial charge >= 0.3 is 0 Å². The second-order valence-electron chi connectivity index (χ2n) is 5.39. The van der Waals surface area contributed by atoms with Crippen LogP contribution in [0.25, 0.3) is 0 Å². The molecule has 0 spiro atoms. The first kappa shape index (κ1) is 15.8. The lowest BCUT2D eigenvalue weighted by molar-refractivity contribution is 0.0746. The van der Waals surface area contributed by atoms with Crippen molar-refractivity contribution in [1.29, 1.82) is 0 Å². The first-order valence-corrected chi connectivity index (χ1v) is 8.13. The van der Waals surface area contributed by atoms with E-state index in [2.05, 4.69) is 20.8 Å². The van der Waals surface area contributed by atoms with Crippen molar-refractivity contribution >= 4 is 27.5 Å². The van der Waals surface area contributed by atoms with Gasteiger partial charge < -0.3 is 14.9 Å². The molecule has 23 heavy (non-hydrogen) atoms. The monoisotopic (exact) mass is 378 g/mol. The summed E-state index contributed by atoms with van der Waals surface area (Å²) in [5.74, 6) is -0.250. The largest absolute Gasteiger partial charge is 0.506 e. The number of aromatic hydroxyl groups is 1. The zero-order chi connectivity index (χ0) is 16.4. The van der Waals surface area contributed by atoms with Crippen molar-refractivity contribution in [2.24, 2.45) is 0 Å². The van der Waals surface area contributed by atoms with Gasteiger partial charge in [-0.3, -0.25) is 4.79 Å². The Balaban J connectivity index is 1.69. The molecule has 0 radical (unpaired) electrons. The fourth-order valence-corrected chi connectivity index (χ4v) is 3.24. The number of amides is 1. The van der Waals surface area contributed by atoms with Crippen molar-refractivity contribution in [2.45, 2.75) is 0 Å². The summed E-state index contributed by atoms with van der Waals surface area (Å²) < 4.78 is 13.6. The number of nitrogens with zero attached hydrogens (tertiary/aromatic N) is 2. The van der Waals surface area contributed by atoms with E-state index in [-0.39, 0.29) is 17.5 Å². The highest BCUT2D eigenvalue weighted by Crippen LogP contribution is 2.28. The summed E-state index contributed by atoms with van der Waals surface area (Å²) in [5, 5.41) is 9.91. The van der Waals surface area contributed by atoms with E-state index in [0.717, 1.165) is 5.69 Å². The summed E-state index contributed by atoms with van der Waals surface area (Å²) in [7, 11) is 0. The third kappa shape index (κ3) is 3.32. The van der Waals surface area contributed by atoms with Gasteiger partial charge in [0, 0.05) is 30.7 Å². The van der Waals surface area contributed by atoms with Crippen LogP contribution < -0.4 is 4.90 Å². The van der Waals surface area contributed by atoms with Gasteiger partial charge in [0.05, 0.1) is 11.3 Å². The van der Waals surface area contributed by atoms with Crippen LogP contribution in [0.1, 0.15) is 10.4 Å². The highest BCUT2D eigenvalue weighted by atomic mass is 79.9. The maximum absolute atomic E-state index is 13.1. The van der Waals surface area contributed by atoms with Crippen molar-refractivity contribution in [3.63, 3.8) is 0 Å². The van der Waals surface area contributed by atoms with Crippen LogP contribution in [0.5, 0.6) is 5.75 Å². The fourth-order valence-electron chi connectivity index (χ4n) is 2.72. The van der Waals surface area contributed by atoms with Crippen molar-refractivity contribution < 1.29 is 14.3 Å². The molecule has 0 bridgehead atoms. The number of piperazine rings is 1. The Kier molecular flexibility index (Phi) is 4.52. The molecule has 1 heterocycles. The fraction of sp³-hybridized carbons (Fsp3) is 0.235. The Labute approximate surface area is 142 Å². The molecule has 1 saturated heterocycles. The number of phenols is 1. The zero-order valence-electron chi connectivity index (χ0n) is 12.4. The number of carbonyl (C=O) groups excluding carboxylic acids is 1. The van der Waals surface area contributed by atoms with Gasteiger partial charge in [-0.1, -0.05) is 12.1 Å². The molecule has 0 aliphatic carbocycles. The van der Waals surface area contributed by atoms with E-state index in [1.54, 1.807) is 17.0 Å². The molecular formula is C17H16BrFN2O2. The summed E-state index contributed by atoms with van der Waals surface area (Å²) in [4.78, 5) is 16.3. The Bertz CT molecular complexity index is 730. The molecule has 2 aromatic rings. The molecule has 6 heteroatoms. The van der Waals surface area contributed by atoms with E-state index in [1.165, 1.54) is 18.2 Å². The lowest BCUT2D eigenvalue weighted by Gasteiger charge is -2.36. The molecular weight excluding hydrogens is 363 g/mol. The molecule has 4 nitrogen and oxygen atoms in total. The number of hydrogen-bond donors (Lipinski definition) is 1.